The number of rotatable bonds is 1. The first-order valence-electron chi connectivity index (χ1n) is 4.30. The lowest BCUT2D eigenvalue weighted by Crippen LogP contribution is -1.96. The summed E-state index contributed by atoms with van der Waals surface area (Å²) in [6.07, 6.45) is 0.507. The monoisotopic (exact) mass is 201 g/mol. The van der Waals surface area contributed by atoms with Crippen LogP contribution >= 0.6 is 0 Å². The minimum absolute atomic E-state index is 0.0413. The van der Waals surface area contributed by atoms with Crippen LogP contribution in [0.25, 0.3) is 0 Å². The Labute approximate surface area is 87.3 Å². The van der Waals surface area contributed by atoms with E-state index in [-0.39, 0.29) is 12.0 Å². The third-order valence-corrected chi connectivity index (χ3v) is 1.90. The summed E-state index contributed by atoms with van der Waals surface area (Å²) in [6.45, 7) is 1.74. The number of carbonyl (C=O) groups is 1. The topological polar surface area (TPSA) is 40.9 Å². The maximum absolute atomic E-state index is 13.2. The summed E-state index contributed by atoms with van der Waals surface area (Å²) in [7, 11) is 0. The molecule has 15 heavy (non-hydrogen) atoms. The molecular weight excluding hydrogens is 193 g/mol. The number of nitriles is 1. The second-order valence-electron chi connectivity index (χ2n) is 2.91. The Balaban J connectivity index is 3.28. The van der Waals surface area contributed by atoms with Crippen molar-refractivity contribution in [3.8, 4) is 17.9 Å². The Bertz CT molecular complexity index is 489. The van der Waals surface area contributed by atoms with Gasteiger partial charge < -0.3 is 0 Å². The summed E-state index contributed by atoms with van der Waals surface area (Å²) in [5, 5.41) is 8.30. The summed E-state index contributed by atoms with van der Waals surface area (Å²) in [5.41, 5.74) is 1.05. The summed E-state index contributed by atoms with van der Waals surface area (Å²) < 4.78 is 13.2. The van der Waals surface area contributed by atoms with Crippen LogP contribution in [-0.4, -0.2) is 6.29 Å². The molecule has 0 saturated heterocycles. The Morgan fingerprint density at radius 3 is 2.87 bits per heavy atom. The quantitative estimate of drug-likeness (QED) is 0.516. The van der Waals surface area contributed by atoms with Crippen molar-refractivity contribution >= 4 is 6.29 Å². The average Bonchev–Trinajstić information content (AvgIpc) is 2.23. The molecule has 2 nitrogen and oxygen atoms in total. The maximum Gasteiger partial charge on any atom is 0.154 e. The lowest BCUT2D eigenvalue weighted by Gasteiger charge is -2.02. The van der Waals surface area contributed by atoms with E-state index in [9.17, 15) is 9.18 Å². The summed E-state index contributed by atoms with van der Waals surface area (Å²) in [5.74, 6) is 4.60. The minimum atomic E-state index is -0.586. The zero-order chi connectivity index (χ0) is 11.3. The molecule has 0 radical (unpaired) electrons. The van der Waals surface area contributed by atoms with E-state index in [4.69, 9.17) is 5.26 Å². The van der Waals surface area contributed by atoms with Gasteiger partial charge in [-0.3, -0.25) is 4.79 Å². The van der Waals surface area contributed by atoms with Gasteiger partial charge in [-0.1, -0.05) is 17.9 Å². The van der Waals surface area contributed by atoms with Gasteiger partial charge in [-0.05, 0) is 18.6 Å². The molecule has 0 aliphatic heterocycles. The molecule has 0 aliphatic carbocycles. The fourth-order valence-electron chi connectivity index (χ4n) is 1.16. The van der Waals surface area contributed by atoms with Crippen molar-refractivity contribution in [2.75, 3.05) is 0 Å². The van der Waals surface area contributed by atoms with Crippen molar-refractivity contribution in [3.63, 3.8) is 0 Å². The van der Waals surface area contributed by atoms with Gasteiger partial charge >= 0.3 is 0 Å². The zero-order valence-corrected chi connectivity index (χ0v) is 8.17. The van der Waals surface area contributed by atoms with E-state index >= 15 is 0 Å². The molecule has 0 N–H and O–H groups in total. The van der Waals surface area contributed by atoms with E-state index in [2.05, 4.69) is 11.8 Å². The SMILES string of the molecule is Cc1ccc(F)c(C=O)c1C#CCC#N. The highest BCUT2D eigenvalue weighted by Gasteiger charge is 2.08. The summed E-state index contributed by atoms with van der Waals surface area (Å²) >= 11 is 0. The van der Waals surface area contributed by atoms with E-state index in [0.29, 0.717) is 11.8 Å². The first-order chi connectivity index (χ1) is 7.20. The Kier molecular flexibility index (Phi) is 3.60. The molecule has 0 aliphatic rings. The molecule has 0 fully saturated rings. The average molecular weight is 201 g/mol. The van der Waals surface area contributed by atoms with Crippen LogP contribution < -0.4 is 0 Å². The molecule has 0 spiro atoms. The Morgan fingerprint density at radius 2 is 2.27 bits per heavy atom. The second kappa shape index (κ2) is 4.93. The van der Waals surface area contributed by atoms with Crippen LogP contribution in [0.15, 0.2) is 12.1 Å². The molecule has 0 aromatic heterocycles. The Morgan fingerprint density at radius 1 is 1.53 bits per heavy atom. The van der Waals surface area contributed by atoms with Crippen LogP contribution in [0.1, 0.15) is 27.9 Å². The van der Waals surface area contributed by atoms with Gasteiger partial charge in [0.1, 0.15) is 5.82 Å². The van der Waals surface area contributed by atoms with Crippen LogP contribution in [0, 0.1) is 35.9 Å². The molecule has 1 aromatic carbocycles. The number of nitrogens with zero attached hydrogens (tertiary/aromatic N) is 1. The van der Waals surface area contributed by atoms with Crippen molar-refractivity contribution in [2.24, 2.45) is 0 Å². The van der Waals surface area contributed by atoms with E-state index in [1.54, 1.807) is 13.0 Å². The lowest BCUT2D eigenvalue weighted by atomic mass is 10.0. The lowest BCUT2D eigenvalue weighted by molar-refractivity contribution is 0.111. The molecule has 1 aromatic rings. The summed E-state index contributed by atoms with van der Waals surface area (Å²) in [4.78, 5) is 10.7. The highest BCUT2D eigenvalue weighted by Crippen LogP contribution is 2.15. The maximum atomic E-state index is 13.2. The van der Waals surface area contributed by atoms with E-state index in [0.717, 1.165) is 5.56 Å². The predicted octanol–water partition coefficient (Wildman–Crippen LogP) is 2.21. The number of halogens is 1. The molecule has 0 amide bonds. The second-order valence-corrected chi connectivity index (χ2v) is 2.91. The number of hydrogen-bond donors (Lipinski definition) is 0. The van der Waals surface area contributed by atoms with Crippen molar-refractivity contribution in [2.45, 2.75) is 13.3 Å². The molecule has 0 bridgehead atoms. The molecular formula is C12H8FNO. The largest absolute Gasteiger partial charge is 0.298 e. The number of aryl methyl sites for hydroxylation is 1. The van der Waals surface area contributed by atoms with Gasteiger partial charge in [-0.2, -0.15) is 5.26 Å². The minimum Gasteiger partial charge on any atom is -0.298 e. The smallest absolute Gasteiger partial charge is 0.154 e. The molecule has 3 heteroatoms. The zero-order valence-electron chi connectivity index (χ0n) is 8.17. The number of benzene rings is 1. The van der Waals surface area contributed by atoms with E-state index in [1.807, 2.05) is 6.07 Å². The predicted molar refractivity (Wildman–Crippen MR) is 53.6 cm³/mol. The highest BCUT2D eigenvalue weighted by atomic mass is 19.1. The van der Waals surface area contributed by atoms with Gasteiger partial charge in [0, 0.05) is 5.56 Å². The van der Waals surface area contributed by atoms with E-state index < -0.39 is 5.82 Å². The highest BCUT2D eigenvalue weighted by molar-refractivity contribution is 5.80. The summed E-state index contributed by atoms with van der Waals surface area (Å²) in [6, 6.07) is 4.64. The molecule has 1 rings (SSSR count). The third-order valence-electron chi connectivity index (χ3n) is 1.90. The van der Waals surface area contributed by atoms with Crippen molar-refractivity contribution in [1.82, 2.24) is 0 Å². The Hall–Kier alpha value is -2.13. The fraction of sp³-hybridized carbons (Fsp3) is 0.167. The van der Waals surface area contributed by atoms with Crippen LogP contribution in [0.3, 0.4) is 0 Å². The fourth-order valence-corrected chi connectivity index (χ4v) is 1.16. The van der Waals surface area contributed by atoms with Gasteiger partial charge in [0.15, 0.2) is 6.29 Å². The molecule has 74 valence electrons. The van der Waals surface area contributed by atoms with Crippen LogP contribution in [0.4, 0.5) is 4.39 Å². The molecule has 0 saturated carbocycles. The number of carbonyl (C=O) groups excluding carboxylic acids is 1. The van der Waals surface area contributed by atoms with Crippen molar-refractivity contribution in [1.29, 1.82) is 5.26 Å². The molecule has 0 unspecified atom stereocenters. The van der Waals surface area contributed by atoms with E-state index in [1.165, 1.54) is 6.07 Å². The normalized spacial score (nSPS) is 8.60. The first kappa shape index (κ1) is 10.9. The van der Waals surface area contributed by atoms with Gasteiger partial charge in [0.25, 0.3) is 0 Å². The van der Waals surface area contributed by atoms with Gasteiger partial charge in [0.05, 0.1) is 18.1 Å². The van der Waals surface area contributed by atoms with Gasteiger partial charge in [-0.15, -0.1) is 0 Å². The van der Waals surface area contributed by atoms with Gasteiger partial charge in [0.2, 0.25) is 0 Å². The first-order valence-corrected chi connectivity index (χ1v) is 4.30. The van der Waals surface area contributed by atoms with Crippen molar-refractivity contribution < 1.29 is 9.18 Å². The van der Waals surface area contributed by atoms with Crippen molar-refractivity contribution in [3.05, 3.63) is 34.6 Å². The van der Waals surface area contributed by atoms with Gasteiger partial charge in [-0.25, -0.2) is 4.39 Å². The standard InChI is InChI=1S/C12H8FNO/c1-9-5-6-12(13)11(8-15)10(9)4-2-3-7-14/h5-6,8H,3H2,1H3. The molecule has 0 heterocycles. The van der Waals surface area contributed by atoms with Crippen LogP contribution in [0.5, 0.6) is 0 Å². The third kappa shape index (κ3) is 2.42. The van der Waals surface area contributed by atoms with Crippen LogP contribution in [0.2, 0.25) is 0 Å². The number of hydrogen-bond acceptors (Lipinski definition) is 2. The molecule has 0 atom stereocenters. The number of aldehydes is 1. The van der Waals surface area contributed by atoms with Crippen LogP contribution in [-0.2, 0) is 0 Å².